The topological polar surface area (TPSA) is 64.3 Å². The van der Waals surface area contributed by atoms with Crippen molar-refractivity contribution < 1.29 is 9.53 Å². The Morgan fingerprint density at radius 3 is 2.84 bits per heavy atom. The molecule has 1 amide bonds. The molecule has 3 N–H and O–H groups in total. The molecule has 0 aliphatic heterocycles. The average molecular weight is 285 g/mol. The molecule has 0 spiro atoms. The van der Waals surface area contributed by atoms with Crippen molar-refractivity contribution in [3.05, 3.63) is 42.5 Å². The van der Waals surface area contributed by atoms with Crippen molar-refractivity contribution in [1.29, 1.82) is 0 Å². The van der Waals surface area contributed by atoms with Crippen molar-refractivity contribution in [2.45, 2.75) is 25.9 Å². The summed E-state index contributed by atoms with van der Waals surface area (Å²) >= 11 is 0. The van der Waals surface area contributed by atoms with Gasteiger partial charge < -0.3 is 15.8 Å². The maximum atomic E-state index is 11.5. The van der Waals surface area contributed by atoms with Crippen LogP contribution >= 0.6 is 12.4 Å². The van der Waals surface area contributed by atoms with Crippen LogP contribution in [0.2, 0.25) is 0 Å². The smallest absolute Gasteiger partial charge is 0.221 e. The van der Waals surface area contributed by atoms with E-state index in [1.165, 1.54) is 0 Å². The van der Waals surface area contributed by atoms with Gasteiger partial charge >= 0.3 is 0 Å². The van der Waals surface area contributed by atoms with Gasteiger partial charge in [0.25, 0.3) is 0 Å². The van der Waals surface area contributed by atoms with Gasteiger partial charge in [-0.05, 0) is 13.0 Å². The highest BCUT2D eigenvalue weighted by molar-refractivity contribution is 5.85. The van der Waals surface area contributed by atoms with Crippen LogP contribution in [-0.4, -0.2) is 18.6 Å². The Kier molecular flexibility index (Phi) is 8.66. The third-order valence-corrected chi connectivity index (χ3v) is 2.31. The fraction of sp³-hybridized carbons (Fsp3) is 0.357. The summed E-state index contributed by atoms with van der Waals surface area (Å²) in [6.07, 6.45) is 2.02. The molecule has 19 heavy (non-hydrogen) atoms. The minimum atomic E-state index is -0.128. The number of hydrogen-bond donors (Lipinski definition) is 2. The fourth-order valence-corrected chi connectivity index (χ4v) is 1.50. The maximum Gasteiger partial charge on any atom is 0.221 e. The number of halogens is 1. The van der Waals surface area contributed by atoms with Crippen molar-refractivity contribution >= 4 is 18.3 Å². The number of carbonyl (C=O) groups excluding carboxylic acids is 1. The summed E-state index contributed by atoms with van der Waals surface area (Å²) in [7, 11) is 0. The zero-order valence-corrected chi connectivity index (χ0v) is 11.9. The molecule has 1 atom stereocenters. The third-order valence-electron chi connectivity index (χ3n) is 2.31. The Hall–Kier alpha value is -1.52. The number of rotatable bonds is 7. The lowest BCUT2D eigenvalue weighted by atomic mass is 10.2. The maximum absolute atomic E-state index is 11.5. The van der Waals surface area contributed by atoms with Gasteiger partial charge in [0, 0.05) is 24.6 Å². The van der Waals surface area contributed by atoms with Gasteiger partial charge in [0.1, 0.15) is 12.4 Å². The highest BCUT2D eigenvalue weighted by atomic mass is 35.5. The summed E-state index contributed by atoms with van der Waals surface area (Å²) < 4.78 is 5.51. The van der Waals surface area contributed by atoms with Gasteiger partial charge in [0.15, 0.2) is 0 Å². The summed E-state index contributed by atoms with van der Waals surface area (Å²) in [5.74, 6) is 0.710. The first-order valence-electron chi connectivity index (χ1n) is 5.97. The van der Waals surface area contributed by atoms with Gasteiger partial charge in [-0.15, -0.1) is 12.4 Å². The minimum Gasteiger partial charge on any atom is -0.489 e. The predicted molar refractivity (Wildman–Crippen MR) is 79.5 cm³/mol. The second-order valence-corrected chi connectivity index (χ2v) is 4.17. The second kappa shape index (κ2) is 9.42. The number of nitrogens with one attached hydrogen (secondary N) is 1. The zero-order valence-electron chi connectivity index (χ0n) is 11.1. The van der Waals surface area contributed by atoms with E-state index in [1.54, 1.807) is 13.0 Å². The van der Waals surface area contributed by atoms with Gasteiger partial charge in [-0.1, -0.05) is 30.9 Å². The molecule has 5 heteroatoms. The molecule has 0 aromatic heterocycles. The largest absolute Gasteiger partial charge is 0.489 e. The van der Waals surface area contributed by atoms with E-state index in [0.717, 1.165) is 11.3 Å². The van der Waals surface area contributed by atoms with Crippen molar-refractivity contribution in [2.75, 3.05) is 6.61 Å². The van der Waals surface area contributed by atoms with E-state index in [-0.39, 0.29) is 24.4 Å². The van der Waals surface area contributed by atoms with Crippen molar-refractivity contribution in [3.63, 3.8) is 0 Å². The average Bonchev–Trinajstić information content (AvgIpc) is 2.34. The summed E-state index contributed by atoms with van der Waals surface area (Å²) in [5, 5.41) is 2.82. The quantitative estimate of drug-likeness (QED) is 0.753. The first-order valence-corrected chi connectivity index (χ1v) is 5.97. The number of amides is 1. The van der Waals surface area contributed by atoms with Crippen LogP contribution in [-0.2, 0) is 11.3 Å². The standard InChI is InChI=1S/C14H20N2O2.ClH/c1-3-8-18-13-7-5-4-6-12(13)10-16-14(17)9-11(2)15;/h3-7,11H,1,8-10,15H2,2H3,(H,16,17);1H. The first-order chi connectivity index (χ1) is 8.63. The molecular formula is C14H21ClN2O2. The van der Waals surface area contributed by atoms with Gasteiger partial charge in [-0.3, -0.25) is 4.79 Å². The van der Waals surface area contributed by atoms with Gasteiger partial charge in [-0.2, -0.15) is 0 Å². The molecule has 1 aromatic carbocycles. The van der Waals surface area contributed by atoms with Crippen molar-refractivity contribution in [1.82, 2.24) is 5.32 Å². The Labute approximate surface area is 120 Å². The van der Waals surface area contributed by atoms with Crippen LogP contribution in [0.5, 0.6) is 5.75 Å². The van der Waals surface area contributed by atoms with Crippen LogP contribution in [0.3, 0.4) is 0 Å². The molecule has 0 saturated heterocycles. The van der Waals surface area contributed by atoms with E-state index in [2.05, 4.69) is 11.9 Å². The van der Waals surface area contributed by atoms with Gasteiger partial charge in [-0.25, -0.2) is 0 Å². The van der Waals surface area contributed by atoms with Crippen LogP contribution in [0.1, 0.15) is 18.9 Å². The Bertz CT molecular complexity index is 408. The molecule has 106 valence electrons. The monoisotopic (exact) mass is 284 g/mol. The molecular weight excluding hydrogens is 264 g/mol. The van der Waals surface area contributed by atoms with Crippen molar-refractivity contribution in [3.8, 4) is 5.75 Å². The van der Waals surface area contributed by atoms with Crippen LogP contribution < -0.4 is 15.8 Å². The number of hydrogen-bond acceptors (Lipinski definition) is 3. The van der Waals surface area contributed by atoms with Crippen LogP contribution in [0.15, 0.2) is 36.9 Å². The SMILES string of the molecule is C=CCOc1ccccc1CNC(=O)CC(C)N.Cl. The fourth-order valence-electron chi connectivity index (χ4n) is 1.50. The number of nitrogens with two attached hydrogens (primary N) is 1. The van der Waals surface area contributed by atoms with Gasteiger partial charge in [0.2, 0.25) is 5.91 Å². The van der Waals surface area contributed by atoms with Crippen LogP contribution in [0.25, 0.3) is 0 Å². The summed E-state index contributed by atoms with van der Waals surface area (Å²) in [6, 6.07) is 7.47. The van der Waals surface area contributed by atoms with E-state index < -0.39 is 0 Å². The van der Waals surface area contributed by atoms with E-state index in [0.29, 0.717) is 19.6 Å². The second-order valence-electron chi connectivity index (χ2n) is 4.17. The highest BCUT2D eigenvalue weighted by Gasteiger charge is 2.07. The molecule has 0 heterocycles. The number of benzene rings is 1. The molecule has 0 saturated carbocycles. The van der Waals surface area contributed by atoms with Crippen LogP contribution in [0.4, 0.5) is 0 Å². The van der Waals surface area contributed by atoms with Crippen molar-refractivity contribution in [2.24, 2.45) is 5.73 Å². The predicted octanol–water partition coefficient (Wildman–Crippen LogP) is 2.03. The summed E-state index contributed by atoms with van der Waals surface area (Å²) in [4.78, 5) is 11.5. The van der Waals surface area contributed by atoms with Gasteiger partial charge in [0.05, 0.1) is 0 Å². The highest BCUT2D eigenvalue weighted by Crippen LogP contribution is 2.17. The molecule has 4 nitrogen and oxygen atoms in total. The summed E-state index contributed by atoms with van der Waals surface area (Å²) in [6.45, 7) is 6.30. The van der Waals surface area contributed by atoms with Crippen LogP contribution in [0, 0.1) is 0 Å². The number of ether oxygens (including phenoxy) is 1. The molecule has 0 fully saturated rings. The Morgan fingerprint density at radius 1 is 1.53 bits per heavy atom. The molecule has 1 aromatic rings. The normalized spacial score (nSPS) is 11.1. The zero-order chi connectivity index (χ0) is 13.4. The molecule has 0 aliphatic rings. The molecule has 0 bridgehead atoms. The van der Waals surface area contributed by atoms with E-state index in [1.807, 2.05) is 24.3 Å². The lowest BCUT2D eigenvalue weighted by Gasteiger charge is -2.11. The van der Waals surface area contributed by atoms with E-state index in [4.69, 9.17) is 10.5 Å². The Morgan fingerprint density at radius 2 is 2.21 bits per heavy atom. The molecule has 0 radical (unpaired) electrons. The lowest BCUT2D eigenvalue weighted by molar-refractivity contribution is -0.121. The molecule has 1 unspecified atom stereocenters. The van der Waals surface area contributed by atoms with E-state index in [9.17, 15) is 4.79 Å². The number of para-hydroxylation sites is 1. The first kappa shape index (κ1) is 17.5. The number of carbonyl (C=O) groups is 1. The molecule has 0 aliphatic carbocycles. The molecule has 1 rings (SSSR count). The summed E-state index contributed by atoms with van der Waals surface area (Å²) in [5.41, 5.74) is 6.50. The lowest BCUT2D eigenvalue weighted by Crippen LogP contribution is -2.29. The third kappa shape index (κ3) is 6.84. The minimum absolute atomic E-state index is 0. The van der Waals surface area contributed by atoms with E-state index >= 15 is 0 Å². The Balaban J connectivity index is 0.00000324.